The molecule has 1 aliphatic rings. The van der Waals surface area contributed by atoms with E-state index in [4.69, 9.17) is 0 Å². The van der Waals surface area contributed by atoms with Crippen molar-refractivity contribution in [2.75, 3.05) is 19.6 Å². The first-order chi connectivity index (χ1) is 13.3. The first-order valence-electron chi connectivity index (χ1n) is 9.35. The van der Waals surface area contributed by atoms with Gasteiger partial charge in [0.25, 0.3) is 0 Å². The molecule has 28 heavy (non-hydrogen) atoms. The first kappa shape index (κ1) is 20.2. The molecular formula is C19H23F3N4O2. The summed E-state index contributed by atoms with van der Waals surface area (Å²) in [6.45, 7) is 6.37. The predicted octanol–water partition coefficient (Wildman–Crippen LogP) is 4.43. The van der Waals surface area contributed by atoms with Gasteiger partial charge in [-0.05, 0) is 38.2 Å². The predicted molar refractivity (Wildman–Crippen MR) is 96.2 cm³/mol. The molecule has 1 saturated carbocycles. The highest BCUT2D eigenvalue weighted by Gasteiger charge is 2.38. The lowest BCUT2D eigenvalue weighted by Gasteiger charge is -2.29. The third-order valence-corrected chi connectivity index (χ3v) is 4.73. The summed E-state index contributed by atoms with van der Waals surface area (Å²) in [5.41, 5.74) is 1.29. The van der Waals surface area contributed by atoms with Crippen LogP contribution in [0, 0.1) is 5.92 Å². The van der Waals surface area contributed by atoms with E-state index in [1.807, 2.05) is 18.7 Å². The minimum Gasteiger partial charge on any atom is -0.329 e. The third kappa shape index (κ3) is 4.82. The van der Waals surface area contributed by atoms with Crippen LogP contribution in [0.5, 0.6) is 0 Å². The Morgan fingerprint density at radius 2 is 1.79 bits per heavy atom. The van der Waals surface area contributed by atoms with Crippen LogP contribution in [0.2, 0.25) is 0 Å². The molecule has 0 aliphatic heterocycles. The Morgan fingerprint density at radius 3 is 2.29 bits per heavy atom. The Kier molecular flexibility index (Phi) is 5.90. The Labute approximate surface area is 161 Å². The molecule has 9 heteroatoms. The van der Waals surface area contributed by atoms with Crippen molar-refractivity contribution in [1.29, 1.82) is 0 Å². The van der Waals surface area contributed by atoms with E-state index in [1.165, 1.54) is 12.8 Å². The summed E-state index contributed by atoms with van der Waals surface area (Å²) in [6, 6.07) is 6.77. The number of hydrogen-bond acceptors (Lipinski definition) is 4. The van der Waals surface area contributed by atoms with Crippen molar-refractivity contribution in [2.24, 2.45) is 5.92 Å². The second kappa shape index (κ2) is 8.20. The quantitative estimate of drug-likeness (QED) is 0.695. The second-order valence-electron chi connectivity index (χ2n) is 6.90. The fraction of sp³-hybridized carbons (Fsp3) is 0.526. The molecule has 3 rings (SSSR count). The molecule has 0 atom stereocenters. The van der Waals surface area contributed by atoms with Gasteiger partial charge in [-0.3, -0.25) is 0 Å². The Hall–Kier alpha value is -2.58. The van der Waals surface area contributed by atoms with E-state index in [9.17, 15) is 18.0 Å². The summed E-state index contributed by atoms with van der Waals surface area (Å²) >= 11 is 0. The topological polar surface area (TPSA) is 62.5 Å². The largest absolute Gasteiger partial charge is 0.471 e. The number of aromatic nitrogens is 2. The lowest BCUT2D eigenvalue weighted by atomic mass is 10.1. The Bertz CT molecular complexity index is 800. The second-order valence-corrected chi connectivity index (χ2v) is 6.90. The molecule has 1 aromatic carbocycles. The highest BCUT2D eigenvalue weighted by Crippen LogP contribution is 2.30. The number of carbonyl (C=O) groups excluding carboxylic acids is 1. The molecule has 1 heterocycles. The van der Waals surface area contributed by atoms with E-state index in [0.717, 1.165) is 12.1 Å². The summed E-state index contributed by atoms with van der Waals surface area (Å²) in [4.78, 5) is 19.8. The highest BCUT2D eigenvalue weighted by molar-refractivity contribution is 5.74. The highest BCUT2D eigenvalue weighted by atomic mass is 19.4. The van der Waals surface area contributed by atoms with Crippen molar-refractivity contribution in [2.45, 2.75) is 39.4 Å². The number of alkyl halides is 3. The minimum absolute atomic E-state index is 0.00830. The van der Waals surface area contributed by atoms with E-state index >= 15 is 0 Å². The van der Waals surface area contributed by atoms with Gasteiger partial charge in [0.05, 0.1) is 0 Å². The van der Waals surface area contributed by atoms with Crippen LogP contribution in [0.25, 0.3) is 11.4 Å². The van der Waals surface area contributed by atoms with Crippen molar-refractivity contribution in [3.05, 3.63) is 35.7 Å². The average Bonchev–Trinajstić information content (AvgIpc) is 3.34. The van der Waals surface area contributed by atoms with Crippen LogP contribution >= 0.6 is 0 Å². The molecule has 0 spiro atoms. The van der Waals surface area contributed by atoms with Crippen LogP contribution in [0.15, 0.2) is 28.8 Å². The van der Waals surface area contributed by atoms with E-state index in [-0.39, 0.29) is 11.9 Å². The smallest absolute Gasteiger partial charge is 0.329 e. The number of halogens is 3. The van der Waals surface area contributed by atoms with Gasteiger partial charge >= 0.3 is 18.1 Å². The van der Waals surface area contributed by atoms with Gasteiger partial charge in [-0.15, -0.1) is 0 Å². The fourth-order valence-corrected chi connectivity index (χ4v) is 2.90. The third-order valence-electron chi connectivity index (χ3n) is 4.73. The van der Waals surface area contributed by atoms with Gasteiger partial charge < -0.3 is 14.3 Å². The Balaban J connectivity index is 1.66. The van der Waals surface area contributed by atoms with Crippen LogP contribution in [0.4, 0.5) is 18.0 Å². The molecule has 0 unspecified atom stereocenters. The number of nitrogens with zero attached hydrogens (tertiary/aromatic N) is 4. The molecular weight excluding hydrogens is 373 g/mol. The van der Waals surface area contributed by atoms with E-state index < -0.39 is 12.1 Å². The van der Waals surface area contributed by atoms with Crippen LogP contribution in [0.3, 0.4) is 0 Å². The first-order valence-corrected chi connectivity index (χ1v) is 9.35. The van der Waals surface area contributed by atoms with Gasteiger partial charge in [0.1, 0.15) is 0 Å². The van der Waals surface area contributed by atoms with Gasteiger partial charge in [-0.1, -0.05) is 29.4 Å². The zero-order valence-corrected chi connectivity index (χ0v) is 15.9. The number of urea groups is 1. The minimum atomic E-state index is -4.67. The molecule has 152 valence electrons. The summed E-state index contributed by atoms with van der Waals surface area (Å²) < 4.78 is 42.0. The van der Waals surface area contributed by atoms with Gasteiger partial charge in [0.15, 0.2) is 0 Å². The SMILES string of the molecule is CCN(Cc1ccc(-c2noc(C(F)(F)F)n2)cc1)C(=O)N(CC)CC1CC1. The zero-order valence-electron chi connectivity index (χ0n) is 15.9. The maximum absolute atomic E-state index is 12.8. The molecule has 0 radical (unpaired) electrons. The van der Waals surface area contributed by atoms with Gasteiger partial charge in [-0.25, -0.2) is 4.79 Å². The number of hydrogen-bond donors (Lipinski definition) is 0. The van der Waals surface area contributed by atoms with Crippen molar-refractivity contribution in [3.8, 4) is 11.4 Å². The molecule has 6 nitrogen and oxygen atoms in total. The van der Waals surface area contributed by atoms with Crippen LogP contribution in [-0.2, 0) is 12.7 Å². The van der Waals surface area contributed by atoms with Gasteiger partial charge in [0.2, 0.25) is 5.82 Å². The maximum Gasteiger partial charge on any atom is 0.471 e. The zero-order chi connectivity index (χ0) is 20.3. The normalized spacial score (nSPS) is 14.2. The lowest BCUT2D eigenvalue weighted by molar-refractivity contribution is -0.159. The van der Waals surface area contributed by atoms with E-state index in [1.54, 1.807) is 29.2 Å². The van der Waals surface area contributed by atoms with Crippen molar-refractivity contribution in [1.82, 2.24) is 19.9 Å². The molecule has 0 bridgehead atoms. The van der Waals surface area contributed by atoms with Crippen LogP contribution in [-0.4, -0.2) is 45.6 Å². The molecule has 0 saturated heterocycles. The van der Waals surface area contributed by atoms with Crippen molar-refractivity contribution in [3.63, 3.8) is 0 Å². The lowest BCUT2D eigenvalue weighted by Crippen LogP contribution is -2.43. The Morgan fingerprint density at radius 1 is 1.14 bits per heavy atom. The standard InChI is InChI=1S/C19H23F3N4O2/c1-3-25(11-13-5-6-13)18(27)26(4-2)12-14-7-9-15(10-8-14)16-23-17(28-24-16)19(20,21)22/h7-10,13H,3-6,11-12H2,1-2H3. The average molecular weight is 396 g/mol. The maximum atomic E-state index is 12.8. The number of amides is 2. The number of benzene rings is 1. The molecule has 1 aliphatic carbocycles. The van der Waals surface area contributed by atoms with Gasteiger partial charge in [0, 0.05) is 31.7 Å². The molecule has 2 aromatic rings. The number of carbonyl (C=O) groups is 1. The molecule has 2 amide bonds. The summed E-state index contributed by atoms with van der Waals surface area (Å²) in [7, 11) is 0. The van der Waals surface area contributed by atoms with Crippen LogP contribution < -0.4 is 0 Å². The van der Waals surface area contributed by atoms with Crippen LogP contribution in [0.1, 0.15) is 38.1 Å². The van der Waals surface area contributed by atoms with Gasteiger partial charge in [-0.2, -0.15) is 18.2 Å². The number of rotatable bonds is 7. The van der Waals surface area contributed by atoms with Crippen molar-refractivity contribution >= 4 is 6.03 Å². The molecule has 1 fully saturated rings. The van der Waals surface area contributed by atoms with E-state index in [0.29, 0.717) is 31.1 Å². The molecule has 1 aromatic heterocycles. The summed E-state index contributed by atoms with van der Waals surface area (Å²) in [5.74, 6) is -0.869. The fourth-order valence-electron chi connectivity index (χ4n) is 2.90. The monoisotopic (exact) mass is 396 g/mol. The van der Waals surface area contributed by atoms with Crippen molar-refractivity contribution < 1.29 is 22.5 Å². The summed E-state index contributed by atoms with van der Waals surface area (Å²) in [5, 5.41) is 3.38. The van der Waals surface area contributed by atoms with E-state index in [2.05, 4.69) is 14.7 Å². The molecule has 0 N–H and O–H groups in total. The summed E-state index contributed by atoms with van der Waals surface area (Å²) in [6.07, 6.45) is -2.30.